The molecule has 2 aromatic carbocycles. The fourth-order valence-electron chi connectivity index (χ4n) is 2.36. The van der Waals surface area contributed by atoms with Crippen LogP contribution in [0.25, 0.3) is 6.08 Å². The van der Waals surface area contributed by atoms with Crippen LogP contribution in [0, 0.1) is 10.1 Å². The summed E-state index contributed by atoms with van der Waals surface area (Å²) in [5.41, 5.74) is -0.189. The van der Waals surface area contributed by atoms with Crippen molar-refractivity contribution in [3.8, 4) is 5.75 Å². The van der Waals surface area contributed by atoms with E-state index in [1.165, 1.54) is 18.2 Å². The topological polar surface area (TPSA) is 52.4 Å². The van der Waals surface area contributed by atoms with E-state index in [1.807, 2.05) is 0 Å². The van der Waals surface area contributed by atoms with Gasteiger partial charge in [0.05, 0.1) is 10.5 Å². The number of hydrogen-bond donors (Lipinski definition) is 0. The van der Waals surface area contributed by atoms with E-state index in [-0.39, 0.29) is 11.3 Å². The standard InChI is InChI=1S/C16H10F3NO3/c17-16(18,19)12-7-5-10(6-8-12)15-13(20(21)22)9-11-3-1-2-4-14(11)23-15/h1-9,15H/t15-/m0/s1. The molecule has 118 valence electrons. The van der Waals surface area contributed by atoms with Crippen molar-refractivity contribution in [1.29, 1.82) is 0 Å². The Kier molecular flexibility index (Phi) is 3.55. The van der Waals surface area contributed by atoms with Crippen molar-refractivity contribution in [2.24, 2.45) is 0 Å². The van der Waals surface area contributed by atoms with Gasteiger partial charge >= 0.3 is 6.18 Å². The van der Waals surface area contributed by atoms with Gasteiger partial charge in [-0.15, -0.1) is 0 Å². The molecule has 4 nitrogen and oxygen atoms in total. The van der Waals surface area contributed by atoms with Gasteiger partial charge in [-0.1, -0.05) is 30.3 Å². The highest BCUT2D eigenvalue weighted by atomic mass is 19.4. The lowest BCUT2D eigenvalue weighted by atomic mass is 10.00. The van der Waals surface area contributed by atoms with E-state index in [2.05, 4.69) is 0 Å². The number of para-hydroxylation sites is 1. The van der Waals surface area contributed by atoms with E-state index < -0.39 is 22.8 Å². The lowest BCUT2D eigenvalue weighted by Gasteiger charge is -2.22. The zero-order valence-corrected chi connectivity index (χ0v) is 11.6. The van der Waals surface area contributed by atoms with Crippen molar-refractivity contribution in [2.75, 3.05) is 0 Å². The molecule has 1 aliphatic heterocycles. The summed E-state index contributed by atoms with van der Waals surface area (Å²) in [6, 6.07) is 10.9. The summed E-state index contributed by atoms with van der Waals surface area (Å²) >= 11 is 0. The number of alkyl halides is 3. The Balaban J connectivity index is 2.01. The number of fused-ring (bicyclic) bond motifs is 1. The highest BCUT2D eigenvalue weighted by molar-refractivity contribution is 5.62. The summed E-state index contributed by atoms with van der Waals surface area (Å²) in [5, 5.41) is 11.3. The van der Waals surface area contributed by atoms with Crippen molar-refractivity contribution in [2.45, 2.75) is 12.3 Å². The van der Waals surface area contributed by atoms with E-state index in [4.69, 9.17) is 4.74 Å². The summed E-state index contributed by atoms with van der Waals surface area (Å²) in [6.45, 7) is 0. The second-order valence-corrected chi connectivity index (χ2v) is 4.98. The molecule has 3 rings (SSSR count). The minimum Gasteiger partial charge on any atom is -0.474 e. The van der Waals surface area contributed by atoms with Crippen LogP contribution in [0.5, 0.6) is 5.75 Å². The molecular weight excluding hydrogens is 311 g/mol. The lowest BCUT2D eigenvalue weighted by Crippen LogP contribution is -2.20. The molecule has 2 aromatic rings. The highest BCUT2D eigenvalue weighted by Gasteiger charge is 2.34. The normalized spacial score (nSPS) is 17.0. The molecule has 0 aromatic heterocycles. The van der Waals surface area contributed by atoms with Gasteiger partial charge in [-0.05, 0) is 18.2 Å². The molecule has 7 heteroatoms. The predicted molar refractivity (Wildman–Crippen MR) is 76.2 cm³/mol. The summed E-state index contributed by atoms with van der Waals surface area (Å²) in [4.78, 5) is 10.7. The first-order chi connectivity index (χ1) is 10.9. The number of halogens is 3. The molecule has 23 heavy (non-hydrogen) atoms. The Bertz CT molecular complexity index is 782. The molecule has 0 fully saturated rings. The Labute approximate surface area is 129 Å². The molecular formula is C16H10F3NO3. The molecule has 0 bridgehead atoms. The van der Waals surface area contributed by atoms with Crippen molar-refractivity contribution in [3.05, 3.63) is 81.0 Å². The number of rotatable bonds is 2. The largest absolute Gasteiger partial charge is 0.474 e. The zero-order chi connectivity index (χ0) is 16.6. The number of nitrogens with zero attached hydrogens (tertiary/aromatic N) is 1. The summed E-state index contributed by atoms with van der Waals surface area (Å²) in [6.07, 6.45) is -4.14. The lowest BCUT2D eigenvalue weighted by molar-refractivity contribution is -0.434. The third-order valence-corrected chi connectivity index (χ3v) is 3.49. The van der Waals surface area contributed by atoms with Crippen LogP contribution < -0.4 is 4.74 Å². The molecule has 0 unspecified atom stereocenters. The van der Waals surface area contributed by atoms with Gasteiger partial charge in [0.2, 0.25) is 6.10 Å². The van der Waals surface area contributed by atoms with Crippen LogP contribution in [-0.4, -0.2) is 4.92 Å². The number of benzene rings is 2. The molecule has 0 aliphatic carbocycles. The molecule has 0 N–H and O–H groups in total. The van der Waals surface area contributed by atoms with Gasteiger partial charge in [0, 0.05) is 17.2 Å². The number of ether oxygens (including phenoxy) is 1. The molecule has 0 saturated carbocycles. The van der Waals surface area contributed by atoms with Gasteiger partial charge in [-0.3, -0.25) is 10.1 Å². The first-order valence-electron chi connectivity index (χ1n) is 6.65. The van der Waals surface area contributed by atoms with Crippen LogP contribution in [0.15, 0.2) is 54.2 Å². The molecule has 0 radical (unpaired) electrons. The number of hydrogen-bond acceptors (Lipinski definition) is 3. The quantitative estimate of drug-likeness (QED) is 0.606. The smallest absolute Gasteiger partial charge is 0.416 e. The van der Waals surface area contributed by atoms with Crippen LogP contribution >= 0.6 is 0 Å². The second-order valence-electron chi connectivity index (χ2n) is 4.98. The van der Waals surface area contributed by atoms with Crippen LogP contribution in [0.2, 0.25) is 0 Å². The fraction of sp³-hybridized carbons (Fsp3) is 0.125. The molecule has 0 spiro atoms. The molecule has 1 heterocycles. The van der Waals surface area contributed by atoms with Crippen LogP contribution in [-0.2, 0) is 6.18 Å². The van der Waals surface area contributed by atoms with Gasteiger partial charge in [0.15, 0.2) is 0 Å². The van der Waals surface area contributed by atoms with E-state index in [0.717, 1.165) is 12.1 Å². The first kappa shape index (κ1) is 15.1. The minimum atomic E-state index is -4.46. The zero-order valence-electron chi connectivity index (χ0n) is 11.6. The Morgan fingerprint density at radius 2 is 1.70 bits per heavy atom. The van der Waals surface area contributed by atoms with E-state index in [0.29, 0.717) is 11.3 Å². The van der Waals surface area contributed by atoms with Crippen LogP contribution in [0.1, 0.15) is 22.8 Å². The van der Waals surface area contributed by atoms with Crippen molar-refractivity contribution in [1.82, 2.24) is 0 Å². The van der Waals surface area contributed by atoms with Gasteiger partial charge in [0.25, 0.3) is 5.70 Å². The predicted octanol–water partition coefficient (Wildman–Crippen LogP) is 4.46. The molecule has 1 aliphatic rings. The molecule has 1 atom stereocenters. The SMILES string of the molecule is O=[N+]([O-])C1=Cc2ccccc2O[C@H]1c1ccc(C(F)(F)F)cc1. The van der Waals surface area contributed by atoms with Gasteiger partial charge in [0.1, 0.15) is 5.75 Å². The van der Waals surface area contributed by atoms with Gasteiger partial charge in [-0.25, -0.2) is 0 Å². The Hall–Kier alpha value is -2.83. The summed E-state index contributed by atoms with van der Waals surface area (Å²) in [7, 11) is 0. The van der Waals surface area contributed by atoms with E-state index in [9.17, 15) is 23.3 Å². The maximum absolute atomic E-state index is 12.6. The molecule has 0 amide bonds. The Morgan fingerprint density at radius 3 is 2.30 bits per heavy atom. The van der Waals surface area contributed by atoms with E-state index >= 15 is 0 Å². The van der Waals surface area contributed by atoms with E-state index in [1.54, 1.807) is 24.3 Å². The average Bonchev–Trinajstić information content (AvgIpc) is 2.53. The fourth-order valence-corrected chi connectivity index (χ4v) is 2.36. The number of nitro groups is 1. The maximum atomic E-state index is 12.6. The van der Waals surface area contributed by atoms with Crippen LogP contribution in [0.4, 0.5) is 13.2 Å². The average molecular weight is 321 g/mol. The van der Waals surface area contributed by atoms with Gasteiger partial charge < -0.3 is 4.74 Å². The first-order valence-corrected chi connectivity index (χ1v) is 6.65. The molecule has 0 saturated heterocycles. The van der Waals surface area contributed by atoms with Crippen molar-refractivity contribution in [3.63, 3.8) is 0 Å². The third kappa shape index (κ3) is 2.90. The maximum Gasteiger partial charge on any atom is 0.416 e. The Morgan fingerprint density at radius 1 is 1.04 bits per heavy atom. The van der Waals surface area contributed by atoms with Crippen molar-refractivity contribution < 1.29 is 22.8 Å². The second kappa shape index (κ2) is 5.42. The third-order valence-electron chi connectivity index (χ3n) is 3.49. The van der Waals surface area contributed by atoms with Crippen LogP contribution in [0.3, 0.4) is 0 Å². The summed E-state index contributed by atoms with van der Waals surface area (Å²) < 4.78 is 43.5. The van der Waals surface area contributed by atoms with Gasteiger partial charge in [-0.2, -0.15) is 13.2 Å². The minimum absolute atomic E-state index is 0.219. The summed E-state index contributed by atoms with van der Waals surface area (Å²) in [5.74, 6) is 0.447. The van der Waals surface area contributed by atoms with Crippen molar-refractivity contribution >= 4 is 6.08 Å². The highest BCUT2D eigenvalue weighted by Crippen LogP contribution is 2.38. The monoisotopic (exact) mass is 321 g/mol.